The molecular weight excluding hydrogens is 422 g/mol. The van der Waals surface area contributed by atoms with E-state index in [0.29, 0.717) is 44.4 Å². The first kappa shape index (κ1) is 23.0. The minimum absolute atomic E-state index is 0.0142. The number of sulfonamides is 1. The van der Waals surface area contributed by atoms with Crippen LogP contribution in [0.3, 0.4) is 0 Å². The summed E-state index contributed by atoms with van der Waals surface area (Å²) in [6.07, 6.45) is 2.41. The standard InChI is InChI=1S/C21H27N3O6S/c1-28-14-11-24(16-17-5-2-3-9-22-17)21(25)8-10-23-31(26,27)18-6-7-19-20(15-18)30-13-4-12-29-19/h2-3,5-7,9,15,23H,4,8,10-14,16H2,1H3. The second kappa shape index (κ2) is 11.1. The van der Waals surface area contributed by atoms with Gasteiger partial charge >= 0.3 is 0 Å². The minimum Gasteiger partial charge on any atom is -0.490 e. The number of methoxy groups -OCH3 is 1. The Morgan fingerprint density at radius 3 is 2.74 bits per heavy atom. The Hall–Kier alpha value is -2.69. The van der Waals surface area contributed by atoms with Gasteiger partial charge in [-0.1, -0.05) is 6.07 Å². The molecule has 0 radical (unpaired) electrons. The molecule has 3 rings (SSSR count). The first-order chi connectivity index (χ1) is 15.0. The topological polar surface area (TPSA) is 107 Å². The number of fused-ring (bicyclic) bond motifs is 1. The summed E-state index contributed by atoms with van der Waals surface area (Å²) in [4.78, 5) is 18.6. The van der Waals surface area contributed by atoms with Crippen LogP contribution in [-0.4, -0.2) is 64.2 Å². The number of amides is 1. The number of benzene rings is 1. The number of ether oxygens (including phenoxy) is 3. The second-order valence-electron chi connectivity index (χ2n) is 6.94. The van der Waals surface area contributed by atoms with Gasteiger partial charge in [0.2, 0.25) is 15.9 Å². The molecule has 1 aromatic carbocycles. The number of hydrogen-bond donors (Lipinski definition) is 1. The van der Waals surface area contributed by atoms with Crippen molar-refractivity contribution < 1.29 is 27.4 Å². The van der Waals surface area contributed by atoms with Crippen LogP contribution in [0.4, 0.5) is 0 Å². The summed E-state index contributed by atoms with van der Waals surface area (Å²) < 4.78 is 44.0. The van der Waals surface area contributed by atoms with Crippen molar-refractivity contribution >= 4 is 15.9 Å². The van der Waals surface area contributed by atoms with Gasteiger partial charge in [0.1, 0.15) is 0 Å². The van der Waals surface area contributed by atoms with E-state index in [1.54, 1.807) is 30.3 Å². The second-order valence-corrected chi connectivity index (χ2v) is 8.70. The van der Waals surface area contributed by atoms with Crippen LogP contribution in [0.2, 0.25) is 0 Å². The van der Waals surface area contributed by atoms with E-state index in [0.717, 1.165) is 12.1 Å². The van der Waals surface area contributed by atoms with Crippen molar-refractivity contribution in [2.45, 2.75) is 24.3 Å². The quantitative estimate of drug-likeness (QED) is 0.587. The molecule has 2 heterocycles. The third-order valence-corrected chi connectivity index (χ3v) is 6.12. The third kappa shape index (κ3) is 6.65. The Balaban J connectivity index is 1.59. The number of hydrogen-bond acceptors (Lipinski definition) is 7. The molecular formula is C21H27N3O6S. The average Bonchev–Trinajstić information content (AvgIpc) is 3.02. The lowest BCUT2D eigenvalue weighted by atomic mass is 10.3. The number of pyridine rings is 1. The number of rotatable bonds is 10. The summed E-state index contributed by atoms with van der Waals surface area (Å²) in [6, 6.07) is 9.98. The van der Waals surface area contributed by atoms with Crippen molar-refractivity contribution in [2.75, 3.05) is 40.0 Å². The Labute approximate surface area is 182 Å². The molecule has 0 spiro atoms. The lowest BCUT2D eigenvalue weighted by Gasteiger charge is -2.22. The highest BCUT2D eigenvalue weighted by molar-refractivity contribution is 7.89. The van der Waals surface area contributed by atoms with Crippen LogP contribution < -0.4 is 14.2 Å². The van der Waals surface area contributed by atoms with Crippen LogP contribution in [0, 0.1) is 0 Å². The molecule has 9 nitrogen and oxygen atoms in total. The molecule has 1 amide bonds. The molecule has 0 atom stereocenters. The van der Waals surface area contributed by atoms with Crippen LogP contribution in [0.1, 0.15) is 18.5 Å². The molecule has 1 aromatic heterocycles. The predicted molar refractivity (Wildman–Crippen MR) is 113 cm³/mol. The van der Waals surface area contributed by atoms with E-state index in [-0.39, 0.29) is 23.8 Å². The lowest BCUT2D eigenvalue weighted by molar-refractivity contribution is -0.132. The van der Waals surface area contributed by atoms with Gasteiger partial charge in [-0.15, -0.1) is 0 Å². The molecule has 1 N–H and O–H groups in total. The first-order valence-electron chi connectivity index (χ1n) is 10.1. The van der Waals surface area contributed by atoms with Crippen molar-refractivity contribution in [3.05, 3.63) is 48.3 Å². The fourth-order valence-corrected chi connectivity index (χ4v) is 4.07. The zero-order valence-electron chi connectivity index (χ0n) is 17.5. The van der Waals surface area contributed by atoms with E-state index in [4.69, 9.17) is 14.2 Å². The lowest BCUT2D eigenvalue weighted by Crippen LogP contribution is -2.36. The van der Waals surface area contributed by atoms with Crippen LogP contribution in [0.25, 0.3) is 0 Å². The van der Waals surface area contributed by atoms with Gasteiger partial charge in [0.25, 0.3) is 0 Å². The summed E-state index contributed by atoms with van der Waals surface area (Å²) in [5, 5.41) is 0. The summed E-state index contributed by atoms with van der Waals surface area (Å²) >= 11 is 0. The first-order valence-corrected chi connectivity index (χ1v) is 11.5. The van der Waals surface area contributed by atoms with Crippen LogP contribution in [-0.2, 0) is 26.1 Å². The summed E-state index contributed by atoms with van der Waals surface area (Å²) in [5.41, 5.74) is 0.750. The van der Waals surface area contributed by atoms with Crippen molar-refractivity contribution in [1.82, 2.24) is 14.6 Å². The van der Waals surface area contributed by atoms with Gasteiger partial charge in [0.15, 0.2) is 11.5 Å². The van der Waals surface area contributed by atoms with Gasteiger partial charge in [-0.25, -0.2) is 13.1 Å². The maximum atomic E-state index is 12.7. The van der Waals surface area contributed by atoms with Crippen molar-refractivity contribution in [3.8, 4) is 11.5 Å². The monoisotopic (exact) mass is 449 g/mol. The molecule has 10 heteroatoms. The molecule has 0 saturated heterocycles. The molecule has 168 valence electrons. The summed E-state index contributed by atoms with van der Waals surface area (Å²) in [6.45, 7) is 2.06. The van der Waals surface area contributed by atoms with Crippen molar-refractivity contribution in [1.29, 1.82) is 0 Å². The number of carbonyl (C=O) groups excluding carboxylic acids is 1. The van der Waals surface area contributed by atoms with Crippen LogP contribution in [0.5, 0.6) is 11.5 Å². The van der Waals surface area contributed by atoms with Gasteiger partial charge in [-0.2, -0.15) is 0 Å². The minimum atomic E-state index is -3.80. The van der Waals surface area contributed by atoms with Crippen molar-refractivity contribution in [3.63, 3.8) is 0 Å². The molecule has 1 aliphatic rings. The summed E-state index contributed by atoms with van der Waals surface area (Å²) in [5.74, 6) is 0.733. The molecule has 1 aliphatic heterocycles. The third-order valence-electron chi connectivity index (χ3n) is 4.66. The van der Waals surface area contributed by atoms with E-state index in [9.17, 15) is 13.2 Å². The Morgan fingerprint density at radius 2 is 2.00 bits per heavy atom. The van der Waals surface area contributed by atoms with Gasteiger partial charge < -0.3 is 19.1 Å². The zero-order valence-corrected chi connectivity index (χ0v) is 18.3. The van der Waals surface area contributed by atoms with E-state index in [1.807, 2.05) is 12.1 Å². The summed E-state index contributed by atoms with van der Waals surface area (Å²) in [7, 11) is -2.23. The largest absolute Gasteiger partial charge is 0.490 e. The average molecular weight is 450 g/mol. The fraction of sp³-hybridized carbons (Fsp3) is 0.429. The zero-order chi connectivity index (χ0) is 22.1. The van der Waals surface area contributed by atoms with E-state index in [1.165, 1.54) is 12.1 Å². The normalized spacial score (nSPS) is 13.5. The molecule has 2 aromatic rings. The SMILES string of the molecule is COCCN(Cc1ccccn1)C(=O)CCNS(=O)(=O)c1ccc2c(c1)OCCCO2. The highest BCUT2D eigenvalue weighted by Gasteiger charge is 2.20. The number of aromatic nitrogens is 1. The van der Waals surface area contributed by atoms with Gasteiger partial charge in [0.05, 0.1) is 37.0 Å². The molecule has 31 heavy (non-hydrogen) atoms. The number of nitrogens with zero attached hydrogens (tertiary/aromatic N) is 2. The highest BCUT2D eigenvalue weighted by Crippen LogP contribution is 2.31. The number of nitrogens with one attached hydrogen (secondary N) is 1. The molecule has 0 bridgehead atoms. The smallest absolute Gasteiger partial charge is 0.240 e. The number of carbonyl (C=O) groups is 1. The van der Waals surface area contributed by atoms with E-state index < -0.39 is 10.0 Å². The molecule has 0 saturated carbocycles. The van der Waals surface area contributed by atoms with E-state index in [2.05, 4.69) is 9.71 Å². The Kier molecular flexibility index (Phi) is 8.21. The maximum Gasteiger partial charge on any atom is 0.240 e. The Bertz CT molecular complexity index is 968. The Morgan fingerprint density at radius 1 is 1.19 bits per heavy atom. The fourth-order valence-electron chi connectivity index (χ4n) is 3.03. The van der Waals surface area contributed by atoms with Gasteiger partial charge in [0, 0.05) is 45.3 Å². The molecule has 0 fully saturated rings. The van der Waals surface area contributed by atoms with Crippen LogP contribution >= 0.6 is 0 Å². The maximum absolute atomic E-state index is 12.7. The van der Waals surface area contributed by atoms with Gasteiger partial charge in [-0.05, 0) is 24.3 Å². The predicted octanol–water partition coefficient (Wildman–Crippen LogP) is 1.59. The van der Waals surface area contributed by atoms with E-state index >= 15 is 0 Å². The van der Waals surface area contributed by atoms with Crippen molar-refractivity contribution in [2.24, 2.45) is 0 Å². The molecule has 0 unspecified atom stereocenters. The highest BCUT2D eigenvalue weighted by atomic mass is 32.2. The van der Waals surface area contributed by atoms with Gasteiger partial charge in [-0.3, -0.25) is 9.78 Å². The molecule has 0 aliphatic carbocycles. The van der Waals surface area contributed by atoms with Crippen LogP contribution in [0.15, 0.2) is 47.5 Å².